The van der Waals surface area contributed by atoms with Crippen LogP contribution in [0.3, 0.4) is 0 Å². The molecule has 0 aromatic rings. The van der Waals surface area contributed by atoms with Crippen molar-refractivity contribution in [3.63, 3.8) is 0 Å². The highest BCUT2D eigenvalue weighted by Crippen LogP contribution is 2.16. The van der Waals surface area contributed by atoms with Gasteiger partial charge in [-0.1, -0.05) is 39.7 Å². The van der Waals surface area contributed by atoms with Crippen molar-refractivity contribution in [2.45, 2.75) is 52.5 Å². The summed E-state index contributed by atoms with van der Waals surface area (Å²) in [5, 5.41) is 3.51. The summed E-state index contributed by atoms with van der Waals surface area (Å²) in [6, 6.07) is 0.646. The van der Waals surface area contributed by atoms with E-state index in [0.717, 1.165) is 18.9 Å². The standard InChI is InChI=1S/C12H25N/c1-5-9-12(13-8-4)10-11(6-2)7-3/h5,11-13H,1,6-10H2,2-4H3. The molecule has 0 saturated carbocycles. The van der Waals surface area contributed by atoms with Crippen molar-refractivity contribution in [2.75, 3.05) is 6.54 Å². The maximum atomic E-state index is 3.80. The lowest BCUT2D eigenvalue weighted by Gasteiger charge is -2.21. The third-order valence-electron chi connectivity index (χ3n) is 2.72. The van der Waals surface area contributed by atoms with Gasteiger partial charge in [-0.05, 0) is 25.3 Å². The maximum absolute atomic E-state index is 3.80. The van der Waals surface area contributed by atoms with E-state index in [9.17, 15) is 0 Å². The molecule has 0 aliphatic heterocycles. The molecule has 13 heavy (non-hydrogen) atoms. The van der Waals surface area contributed by atoms with Gasteiger partial charge in [0.1, 0.15) is 0 Å². The van der Waals surface area contributed by atoms with Gasteiger partial charge in [0.25, 0.3) is 0 Å². The second kappa shape index (κ2) is 8.31. The van der Waals surface area contributed by atoms with Crippen LogP contribution in [0.25, 0.3) is 0 Å². The van der Waals surface area contributed by atoms with Crippen molar-refractivity contribution in [3.05, 3.63) is 12.7 Å². The Labute approximate surface area is 83.6 Å². The van der Waals surface area contributed by atoms with E-state index in [0.29, 0.717) is 6.04 Å². The third kappa shape index (κ3) is 5.87. The Morgan fingerprint density at radius 1 is 1.23 bits per heavy atom. The lowest BCUT2D eigenvalue weighted by Crippen LogP contribution is -2.30. The van der Waals surface area contributed by atoms with Crippen LogP contribution in [0.5, 0.6) is 0 Å². The largest absolute Gasteiger partial charge is 0.314 e. The Bertz CT molecular complexity index is 116. The zero-order valence-corrected chi connectivity index (χ0v) is 9.47. The molecule has 0 amide bonds. The molecule has 0 rings (SSSR count). The Hall–Kier alpha value is -0.300. The van der Waals surface area contributed by atoms with Gasteiger partial charge < -0.3 is 5.32 Å². The second-order valence-corrected chi connectivity index (χ2v) is 3.70. The van der Waals surface area contributed by atoms with Crippen LogP contribution in [0.4, 0.5) is 0 Å². The van der Waals surface area contributed by atoms with Crippen LogP contribution < -0.4 is 5.32 Å². The number of hydrogen-bond acceptors (Lipinski definition) is 1. The first-order valence-electron chi connectivity index (χ1n) is 5.62. The summed E-state index contributed by atoms with van der Waals surface area (Å²) in [6.07, 6.45) is 7.03. The van der Waals surface area contributed by atoms with Gasteiger partial charge in [-0.3, -0.25) is 0 Å². The minimum atomic E-state index is 0.646. The van der Waals surface area contributed by atoms with E-state index in [1.807, 2.05) is 6.08 Å². The monoisotopic (exact) mass is 183 g/mol. The van der Waals surface area contributed by atoms with E-state index in [1.165, 1.54) is 19.3 Å². The van der Waals surface area contributed by atoms with Crippen molar-refractivity contribution >= 4 is 0 Å². The topological polar surface area (TPSA) is 12.0 Å². The predicted octanol–water partition coefficient (Wildman–Crippen LogP) is 3.37. The van der Waals surface area contributed by atoms with E-state index in [-0.39, 0.29) is 0 Å². The molecule has 0 aliphatic rings. The Morgan fingerprint density at radius 2 is 1.85 bits per heavy atom. The average Bonchev–Trinajstić information content (AvgIpc) is 2.14. The minimum absolute atomic E-state index is 0.646. The quantitative estimate of drug-likeness (QED) is 0.569. The molecule has 0 bridgehead atoms. The Morgan fingerprint density at radius 3 is 2.23 bits per heavy atom. The van der Waals surface area contributed by atoms with Gasteiger partial charge in [0.15, 0.2) is 0 Å². The number of rotatable bonds is 8. The fourth-order valence-electron chi connectivity index (χ4n) is 1.78. The summed E-state index contributed by atoms with van der Waals surface area (Å²) in [7, 11) is 0. The molecule has 0 aliphatic carbocycles. The van der Waals surface area contributed by atoms with Crippen LogP contribution in [0.1, 0.15) is 46.5 Å². The van der Waals surface area contributed by atoms with Gasteiger partial charge in [0, 0.05) is 6.04 Å². The van der Waals surface area contributed by atoms with Gasteiger partial charge in [0.2, 0.25) is 0 Å². The molecule has 0 aromatic carbocycles. The van der Waals surface area contributed by atoms with E-state index in [2.05, 4.69) is 32.7 Å². The van der Waals surface area contributed by atoms with E-state index in [1.54, 1.807) is 0 Å². The zero-order chi connectivity index (χ0) is 10.1. The predicted molar refractivity (Wildman–Crippen MR) is 61.0 cm³/mol. The van der Waals surface area contributed by atoms with Gasteiger partial charge in [0.05, 0.1) is 0 Å². The first-order valence-corrected chi connectivity index (χ1v) is 5.62. The normalized spacial score (nSPS) is 13.2. The third-order valence-corrected chi connectivity index (χ3v) is 2.72. The fourth-order valence-corrected chi connectivity index (χ4v) is 1.78. The van der Waals surface area contributed by atoms with E-state index < -0.39 is 0 Å². The highest BCUT2D eigenvalue weighted by molar-refractivity contribution is 4.79. The smallest absolute Gasteiger partial charge is 0.0104 e. The summed E-state index contributed by atoms with van der Waals surface area (Å²) in [5.41, 5.74) is 0. The van der Waals surface area contributed by atoms with Crippen molar-refractivity contribution < 1.29 is 0 Å². The first-order chi connectivity index (χ1) is 6.28. The summed E-state index contributed by atoms with van der Waals surface area (Å²) in [5.74, 6) is 0.879. The molecular formula is C12H25N. The molecular weight excluding hydrogens is 158 g/mol. The maximum Gasteiger partial charge on any atom is 0.0104 e. The SMILES string of the molecule is C=CCC(CC(CC)CC)NCC. The molecule has 0 spiro atoms. The van der Waals surface area contributed by atoms with Gasteiger partial charge >= 0.3 is 0 Å². The van der Waals surface area contributed by atoms with Crippen LogP contribution >= 0.6 is 0 Å². The number of nitrogens with one attached hydrogen (secondary N) is 1. The van der Waals surface area contributed by atoms with Crippen LogP contribution in [0, 0.1) is 5.92 Å². The molecule has 0 aromatic heterocycles. The highest BCUT2D eigenvalue weighted by atomic mass is 14.9. The zero-order valence-electron chi connectivity index (χ0n) is 9.47. The molecule has 0 saturated heterocycles. The Balaban J connectivity index is 3.82. The van der Waals surface area contributed by atoms with Crippen LogP contribution in [-0.2, 0) is 0 Å². The van der Waals surface area contributed by atoms with Crippen molar-refractivity contribution in [2.24, 2.45) is 5.92 Å². The minimum Gasteiger partial charge on any atom is -0.314 e. The molecule has 78 valence electrons. The fraction of sp³-hybridized carbons (Fsp3) is 0.833. The van der Waals surface area contributed by atoms with Crippen molar-refractivity contribution in [1.29, 1.82) is 0 Å². The molecule has 1 heteroatoms. The lowest BCUT2D eigenvalue weighted by atomic mass is 9.93. The van der Waals surface area contributed by atoms with Crippen LogP contribution in [0.15, 0.2) is 12.7 Å². The van der Waals surface area contributed by atoms with Gasteiger partial charge in [-0.2, -0.15) is 0 Å². The van der Waals surface area contributed by atoms with E-state index >= 15 is 0 Å². The first kappa shape index (κ1) is 12.7. The average molecular weight is 183 g/mol. The van der Waals surface area contributed by atoms with Gasteiger partial charge in [-0.15, -0.1) is 6.58 Å². The second-order valence-electron chi connectivity index (χ2n) is 3.70. The summed E-state index contributed by atoms with van der Waals surface area (Å²) in [4.78, 5) is 0. The van der Waals surface area contributed by atoms with Crippen molar-refractivity contribution in [1.82, 2.24) is 5.32 Å². The van der Waals surface area contributed by atoms with Crippen LogP contribution in [-0.4, -0.2) is 12.6 Å². The van der Waals surface area contributed by atoms with Crippen molar-refractivity contribution in [3.8, 4) is 0 Å². The summed E-state index contributed by atoms with van der Waals surface area (Å²) in [6.45, 7) is 11.6. The molecule has 1 atom stereocenters. The molecule has 1 nitrogen and oxygen atoms in total. The molecule has 0 radical (unpaired) electrons. The molecule has 1 N–H and O–H groups in total. The lowest BCUT2D eigenvalue weighted by molar-refractivity contribution is 0.370. The Kier molecular flexibility index (Phi) is 8.11. The highest BCUT2D eigenvalue weighted by Gasteiger charge is 2.11. The van der Waals surface area contributed by atoms with Gasteiger partial charge in [-0.25, -0.2) is 0 Å². The number of hydrogen-bond donors (Lipinski definition) is 1. The summed E-state index contributed by atoms with van der Waals surface area (Å²) >= 11 is 0. The summed E-state index contributed by atoms with van der Waals surface area (Å²) < 4.78 is 0. The van der Waals surface area contributed by atoms with E-state index in [4.69, 9.17) is 0 Å². The molecule has 0 heterocycles. The molecule has 1 unspecified atom stereocenters. The molecule has 0 fully saturated rings. The van der Waals surface area contributed by atoms with Crippen LogP contribution in [0.2, 0.25) is 0 Å².